The largest absolute Gasteiger partial charge is 0.507 e. The minimum Gasteiger partial charge on any atom is -0.507 e. The number of rotatable bonds is 3. The first kappa shape index (κ1) is 16.8. The number of nitrogens with zero attached hydrogens (tertiary/aromatic N) is 2. The van der Waals surface area contributed by atoms with Gasteiger partial charge in [-0.05, 0) is 42.1 Å². The van der Waals surface area contributed by atoms with Gasteiger partial charge in [0, 0.05) is 12.6 Å². The van der Waals surface area contributed by atoms with Crippen molar-refractivity contribution in [3.8, 4) is 5.75 Å². The van der Waals surface area contributed by atoms with Crippen LogP contribution in [0.25, 0.3) is 6.08 Å². The predicted octanol–water partition coefficient (Wildman–Crippen LogP) is 3.32. The van der Waals surface area contributed by atoms with Gasteiger partial charge < -0.3 is 10.2 Å². The van der Waals surface area contributed by atoms with Gasteiger partial charge >= 0.3 is 5.97 Å². The number of amidine groups is 1. The Labute approximate surface area is 148 Å². The van der Waals surface area contributed by atoms with E-state index in [1.165, 1.54) is 28.8 Å². The molecule has 0 bridgehead atoms. The van der Waals surface area contributed by atoms with Gasteiger partial charge in [-0.3, -0.25) is 9.69 Å². The molecule has 1 amide bonds. The zero-order valence-corrected chi connectivity index (χ0v) is 14.0. The molecular formula is C18H14N2O4S. The molecule has 1 fully saturated rings. The molecule has 0 atom stereocenters. The quantitative estimate of drug-likeness (QED) is 0.825. The second kappa shape index (κ2) is 6.82. The molecular weight excluding hydrogens is 340 g/mol. The van der Waals surface area contributed by atoms with Gasteiger partial charge in [-0.1, -0.05) is 24.3 Å². The first-order chi connectivity index (χ1) is 12.0. The molecule has 1 saturated heterocycles. The monoisotopic (exact) mass is 354 g/mol. The van der Waals surface area contributed by atoms with Crippen LogP contribution in [0, 0.1) is 0 Å². The maximum atomic E-state index is 12.4. The van der Waals surface area contributed by atoms with E-state index in [0.717, 1.165) is 0 Å². The molecule has 0 radical (unpaired) electrons. The number of carboxylic acids is 1. The van der Waals surface area contributed by atoms with Crippen molar-refractivity contribution in [2.24, 2.45) is 4.99 Å². The van der Waals surface area contributed by atoms with Crippen LogP contribution >= 0.6 is 11.8 Å². The predicted molar refractivity (Wildman–Crippen MR) is 96.9 cm³/mol. The second-order valence-electron chi connectivity index (χ2n) is 5.28. The Morgan fingerprint density at radius 3 is 2.68 bits per heavy atom. The third kappa shape index (κ3) is 3.56. The lowest BCUT2D eigenvalue weighted by atomic mass is 10.2. The van der Waals surface area contributed by atoms with Gasteiger partial charge in [0.15, 0.2) is 5.17 Å². The number of hydrogen-bond donors (Lipinski definition) is 2. The number of carbonyl (C=O) groups is 2. The van der Waals surface area contributed by atoms with E-state index in [4.69, 9.17) is 5.11 Å². The van der Waals surface area contributed by atoms with Crippen molar-refractivity contribution < 1.29 is 19.8 Å². The van der Waals surface area contributed by atoms with E-state index in [-0.39, 0.29) is 17.2 Å². The summed E-state index contributed by atoms with van der Waals surface area (Å²) < 4.78 is 0. The summed E-state index contributed by atoms with van der Waals surface area (Å²) in [5.41, 5.74) is 1.12. The number of para-hydroxylation sites is 1. The van der Waals surface area contributed by atoms with Gasteiger partial charge in [0.25, 0.3) is 5.91 Å². The average molecular weight is 354 g/mol. The summed E-state index contributed by atoms with van der Waals surface area (Å²) >= 11 is 1.17. The number of hydrogen-bond acceptors (Lipinski definition) is 5. The second-order valence-corrected chi connectivity index (χ2v) is 6.29. The summed E-state index contributed by atoms with van der Waals surface area (Å²) in [5.74, 6) is -1.18. The van der Waals surface area contributed by atoms with E-state index in [2.05, 4.69) is 4.99 Å². The normalized spacial score (nSPS) is 17.5. The summed E-state index contributed by atoms with van der Waals surface area (Å²) in [7, 11) is 1.60. The van der Waals surface area contributed by atoms with Gasteiger partial charge in [-0.15, -0.1) is 0 Å². The van der Waals surface area contributed by atoms with Crippen LogP contribution in [0.5, 0.6) is 5.75 Å². The summed E-state index contributed by atoms with van der Waals surface area (Å²) in [6.07, 6.45) is 1.61. The Morgan fingerprint density at radius 1 is 1.20 bits per heavy atom. The molecule has 0 saturated carbocycles. The van der Waals surface area contributed by atoms with Crippen LogP contribution in [0.3, 0.4) is 0 Å². The fourth-order valence-corrected chi connectivity index (χ4v) is 3.20. The first-order valence-corrected chi connectivity index (χ1v) is 8.15. The van der Waals surface area contributed by atoms with Gasteiger partial charge in [-0.25, -0.2) is 9.79 Å². The Kier molecular flexibility index (Phi) is 4.58. The average Bonchev–Trinajstić information content (AvgIpc) is 2.85. The van der Waals surface area contributed by atoms with Gasteiger partial charge in [0.1, 0.15) is 5.75 Å². The van der Waals surface area contributed by atoms with Crippen molar-refractivity contribution in [2.75, 3.05) is 7.05 Å². The zero-order valence-electron chi connectivity index (χ0n) is 13.2. The first-order valence-electron chi connectivity index (χ1n) is 7.33. The van der Waals surface area contributed by atoms with Crippen LogP contribution in [-0.4, -0.2) is 39.2 Å². The molecule has 2 N–H and O–H groups in total. The SMILES string of the molecule is CN1C(=O)/C(=C\c2ccccc2O)SC1=Nc1cccc(C(=O)O)c1. The zero-order chi connectivity index (χ0) is 18.0. The van der Waals surface area contributed by atoms with E-state index in [1.54, 1.807) is 49.5 Å². The number of amides is 1. The molecule has 3 rings (SSSR count). The number of phenolic OH excluding ortho intramolecular Hbond substituents is 1. The molecule has 2 aromatic rings. The highest BCUT2D eigenvalue weighted by Gasteiger charge is 2.30. The number of benzene rings is 2. The van der Waals surface area contributed by atoms with Crippen LogP contribution < -0.4 is 0 Å². The highest BCUT2D eigenvalue weighted by Crippen LogP contribution is 2.34. The number of phenols is 1. The van der Waals surface area contributed by atoms with Crippen LogP contribution in [0.1, 0.15) is 15.9 Å². The molecule has 2 aromatic carbocycles. The van der Waals surface area contributed by atoms with Crippen LogP contribution in [0.2, 0.25) is 0 Å². The fourth-order valence-electron chi connectivity index (χ4n) is 2.22. The number of carboxylic acid groups (broad SMARTS) is 1. The molecule has 126 valence electrons. The number of likely N-dealkylation sites (N-methyl/N-ethyl adjacent to an activating group) is 1. The molecule has 0 aromatic heterocycles. The summed E-state index contributed by atoms with van der Waals surface area (Å²) in [5, 5.41) is 19.3. The van der Waals surface area contributed by atoms with E-state index >= 15 is 0 Å². The van der Waals surface area contributed by atoms with Crippen LogP contribution in [-0.2, 0) is 4.79 Å². The summed E-state index contributed by atoms with van der Waals surface area (Å²) in [6, 6.07) is 12.9. The minimum absolute atomic E-state index is 0.0885. The van der Waals surface area contributed by atoms with Gasteiger partial charge in [0.2, 0.25) is 0 Å². The molecule has 0 spiro atoms. The van der Waals surface area contributed by atoms with Crippen molar-refractivity contribution in [1.29, 1.82) is 0 Å². The van der Waals surface area contributed by atoms with Crippen molar-refractivity contribution in [3.63, 3.8) is 0 Å². The highest BCUT2D eigenvalue weighted by atomic mass is 32.2. The lowest BCUT2D eigenvalue weighted by molar-refractivity contribution is -0.121. The van der Waals surface area contributed by atoms with E-state index < -0.39 is 5.97 Å². The maximum absolute atomic E-state index is 12.4. The summed E-state index contributed by atoms with van der Waals surface area (Å²) in [6.45, 7) is 0. The number of aromatic hydroxyl groups is 1. The number of aromatic carboxylic acids is 1. The van der Waals surface area contributed by atoms with Gasteiger partial charge in [-0.2, -0.15) is 0 Å². The Balaban J connectivity index is 1.92. The molecule has 6 nitrogen and oxygen atoms in total. The summed E-state index contributed by atoms with van der Waals surface area (Å²) in [4.78, 5) is 29.6. The molecule has 0 unspecified atom stereocenters. The molecule has 1 aliphatic rings. The Morgan fingerprint density at radius 2 is 1.96 bits per heavy atom. The van der Waals surface area contributed by atoms with Crippen molar-refractivity contribution >= 4 is 40.6 Å². The van der Waals surface area contributed by atoms with Crippen LogP contribution in [0.4, 0.5) is 5.69 Å². The lowest BCUT2D eigenvalue weighted by Gasteiger charge is -2.07. The highest BCUT2D eigenvalue weighted by molar-refractivity contribution is 8.18. The van der Waals surface area contributed by atoms with Gasteiger partial charge in [0.05, 0.1) is 16.2 Å². The molecule has 1 heterocycles. The molecule has 0 aliphatic carbocycles. The minimum atomic E-state index is -1.04. The smallest absolute Gasteiger partial charge is 0.335 e. The standard InChI is InChI=1S/C18H14N2O4S/c1-20-16(22)15(10-11-5-2-3-8-14(11)21)25-18(20)19-13-7-4-6-12(9-13)17(23)24/h2-10,21H,1H3,(H,23,24)/b15-10+,19-18?. The van der Waals surface area contributed by atoms with Crippen molar-refractivity contribution in [3.05, 3.63) is 64.6 Å². The topological polar surface area (TPSA) is 90.2 Å². The fraction of sp³-hybridized carbons (Fsp3) is 0.0556. The van der Waals surface area contributed by atoms with Crippen LogP contribution in [0.15, 0.2) is 58.4 Å². The molecule has 7 heteroatoms. The van der Waals surface area contributed by atoms with E-state index in [9.17, 15) is 14.7 Å². The number of thioether (sulfide) groups is 1. The Hall–Kier alpha value is -3.06. The third-order valence-corrected chi connectivity index (χ3v) is 4.60. The Bertz CT molecular complexity index is 921. The molecule has 1 aliphatic heterocycles. The number of aliphatic imine (C=N–C) groups is 1. The van der Waals surface area contributed by atoms with E-state index in [1.807, 2.05) is 0 Å². The van der Waals surface area contributed by atoms with Crippen molar-refractivity contribution in [2.45, 2.75) is 0 Å². The van der Waals surface area contributed by atoms with E-state index in [0.29, 0.717) is 21.3 Å². The lowest BCUT2D eigenvalue weighted by Crippen LogP contribution is -2.23. The molecule has 25 heavy (non-hydrogen) atoms. The third-order valence-electron chi connectivity index (χ3n) is 3.54. The van der Waals surface area contributed by atoms with Crippen molar-refractivity contribution in [1.82, 2.24) is 4.90 Å². The maximum Gasteiger partial charge on any atom is 0.335 e. The number of carbonyl (C=O) groups excluding carboxylic acids is 1.